The van der Waals surface area contributed by atoms with Gasteiger partial charge in [-0.05, 0) is 51.8 Å². The van der Waals surface area contributed by atoms with Gasteiger partial charge in [0.1, 0.15) is 11.9 Å². The van der Waals surface area contributed by atoms with Crippen LogP contribution in [0.2, 0.25) is 0 Å². The summed E-state index contributed by atoms with van der Waals surface area (Å²) >= 11 is 0. The van der Waals surface area contributed by atoms with Gasteiger partial charge in [0.15, 0.2) is 0 Å². The van der Waals surface area contributed by atoms with Crippen LogP contribution in [0.15, 0.2) is 18.2 Å². The Hall–Kier alpha value is -2.81. The van der Waals surface area contributed by atoms with Gasteiger partial charge in [-0.2, -0.15) is 0 Å². The van der Waals surface area contributed by atoms with E-state index >= 15 is 0 Å². The zero-order valence-electron chi connectivity index (χ0n) is 20.1. The Morgan fingerprint density at radius 1 is 1.27 bits per heavy atom. The lowest BCUT2D eigenvalue weighted by molar-refractivity contribution is -0.117. The number of fused-ring (bicyclic) bond motifs is 1. The molecule has 2 aliphatic rings. The predicted molar refractivity (Wildman–Crippen MR) is 125 cm³/mol. The van der Waals surface area contributed by atoms with Crippen molar-refractivity contribution in [1.82, 2.24) is 15.1 Å². The van der Waals surface area contributed by atoms with Crippen molar-refractivity contribution in [2.75, 3.05) is 32.1 Å². The van der Waals surface area contributed by atoms with Crippen LogP contribution >= 0.6 is 0 Å². The molecule has 0 saturated heterocycles. The molecule has 3 rings (SSSR count). The van der Waals surface area contributed by atoms with Crippen LogP contribution in [0.3, 0.4) is 0 Å². The fourth-order valence-corrected chi connectivity index (χ4v) is 3.82. The highest BCUT2D eigenvalue weighted by Crippen LogP contribution is 2.33. The summed E-state index contributed by atoms with van der Waals surface area (Å²) < 4.78 is 6.28. The van der Waals surface area contributed by atoms with Crippen molar-refractivity contribution in [3.63, 3.8) is 0 Å². The zero-order chi connectivity index (χ0) is 24.3. The first-order valence-corrected chi connectivity index (χ1v) is 11.7. The van der Waals surface area contributed by atoms with E-state index in [1.807, 2.05) is 20.8 Å². The maximum absolute atomic E-state index is 13.4. The third kappa shape index (κ3) is 6.16. The van der Waals surface area contributed by atoms with E-state index in [1.165, 1.54) is 0 Å². The molecule has 1 aliphatic heterocycles. The van der Waals surface area contributed by atoms with E-state index in [4.69, 9.17) is 4.74 Å². The molecule has 1 aromatic rings. The second-order valence-electron chi connectivity index (χ2n) is 9.58. The van der Waals surface area contributed by atoms with Gasteiger partial charge in [0.2, 0.25) is 5.91 Å². The van der Waals surface area contributed by atoms with Gasteiger partial charge in [0.25, 0.3) is 5.91 Å². The Morgan fingerprint density at radius 3 is 2.58 bits per heavy atom. The highest BCUT2D eigenvalue weighted by atomic mass is 16.5. The molecule has 3 atom stereocenters. The average Bonchev–Trinajstić information content (AvgIpc) is 3.61. The SMILES string of the molecule is CC(C)NC(=O)N(C)C[C@H]1Oc2ccc(NC(=O)C3CC3)cc2C(=O)N([C@H](C)CO)C[C@H]1C. The Morgan fingerprint density at radius 2 is 1.97 bits per heavy atom. The molecule has 9 heteroatoms. The number of hydrogen-bond acceptors (Lipinski definition) is 5. The van der Waals surface area contributed by atoms with E-state index in [9.17, 15) is 19.5 Å². The highest BCUT2D eigenvalue weighted by Gasteiger charge is 2.35. The van der Waals surface area contributed by atoms with Gasteiger partial charge in [0, 0.05) is 37.2 Å². The highest BCUT2D eigenvalue weighted by molar-refractivity contribution is 6.00. The van der Waals surface area contributed by atoms with Gasteiger partial charge < -0.3 is 30.3 Å². The van der Waals surface area contributed by atoms with Gasteiger partial charge in [-0.25, -0.2) is 4.79 Å². The van der Waals surface area contributed by atoms with Gasteiger partial charge in [0.05, 0.1) is 24.8 Å². The Kier molecular flexibility index (Phi) is 7.84. The molecule has 1 fully saturated rings. The number of aliphatic hydroxyl groups excluding tert-OH is 1. The number of nitrogens with zero attached hydrogens (tertiary/aromatic N) is 2. The van der Waals surface area contributed by atoms with E-state index in [0.717, 1.165) is 12.8 Å². The predicted octanol–water partition coefficient (Wildman–Crippen LogP) is 2.30. The Balaban J connectivity index is 1.89. The summed E-state index contributed by atoms with van der Waals surface area (Å²) in [5, 5.41) is 15.5. The lowest BCUT2D eigenvalue weighted by Crippen LogP contribution is -2.51. The van der Waals surface area contributed by atoms with Crippen molar-refractivity contribution < 1.29 is 24.2 Å². The Labute approximate surface area is 195 Å². The van der Waals surface area contributed by atoms with Crippen molar-refractivity contribution in [2.45, 2.75) is 58.7 Å². The molecule has 1 aromatic carbocycles. The number of urea groups is 1. The minimum Gasteiger partial charge on any atom is -0.487 e. The van der Waals surface area contributed by atoms with Gasteiger partial charge in [-0.1, -0.05) is 6.92 Å². The first kappa shape index (κ1) is 24.8. The molecule has 3 N–H and O–H groups in total. The van der Waals surface area contributed by atoms with Crippen molar-refractivity contribution in [1.29, 1.82) is 0 Å². The molecule has 4 amide bonds. The normalized spacial score (nSPS) is 21.4. The molecule has 0 radical (unpaired) electrons. The fourth-order valence-electron chi connectivity index (χ4n) is 3.82. The second-order valence-corrected chi connectivity index (χ2v) is 9.58. The van der Waals surface area contributed by atoms with E-state index in [2.05, 4.69) is 10.6 Å². The van der Waals surface area contributed by atoms with Crippen molar-refractivity contribution >= 4 is 23.5 Å². The molecule has 182 valence electrons. The molecule has 33 heavy (non-hydrogen) atoms. The summed E-state index contributed by atoms with van der Waals surface area (Å²) in [5.41, 5.74) is 0.868. The quantitative estimate of drug-likeness (QED) is 0.578. The van der Waals surface area contributed by atoms with Crippen LogP contribution in [0.1, 0.15) is 50.9 Å². The van der Waals surface area contributed by atoms with Gasteiger partial charge in [-0.3, -0.25) is 9.59 Å². The summed E-state index contributed by atoms with van der Waals surface area (Å²) in [6, 6.07) is 4.48. The van der Waals surface area contributed by atoms with E-state index in [0.29, 0.717) is 30.1 Å². The number of nitrogens with one attached hydrogen (secondary N) is 2. The van der Waals surface area contributed by atoms with Crippen LogP contribution in [0.4, 0.5) is 10.5 Å². The largest absolute Gasteiger partial charge is 0.487 e. The van der Waals surface area contributed by atoms with Crippen molar-refractivity contribution in [3.8, 4) is 5.75 Å². The van der Waals surface area contributed by atoms with Gasteiger partial charge >= 0.3 is 6.03 Å². The maximum atomic E-state index is 13.4. The lowest BCUT2D eigenvalue weighted by atomic mass is 9.99. The van der Waals surface area contributed by atoms with Crippen LogP contribution < -0.4 is 15.4 Å². The molecule has 0 spiro atoms. The summed E-state index contributed by atoms with van der Waals surface area (Å²) in [6.45, 7) is 8.08. The van der Waals surface area contributed by atoms with Crippen LogP contribution in [-0.2, 0) is 4.79 Å². The molecule has 1 heterocycles. The second kappa shape index (κ2) is 10.4. The minimum atomic E-state index is -0.391. The fraction of sp³-hybridized carbons (Fsp3) is 0.625. The number of amides is 4. The topological polar surface area (TPSA) is 111 Å². The van der Waals surface area contributed by atoms with E-state index in [1.54, 1.807) is 42.0 Å². The average molecular weight is 461 g/mol. The third-order valence-electron chi connectivity index (χ3n) is 6.09. The van der Waals surface area contributed by atoms with E-state index in [-0.39, 0.29) is 48.4 Å². The van der Waals surface area contributed by atoms with E-state index < -0.39 is 6.04 Å². The summed E-state index contributed by atoms with van der Waals surface area (Å²) in [7, 11) is 1.71. The number of benzene rings is 1. The van der Waals surface area contributed by atoms with Crippen molar-refractivity contribution in [2.24, 2.45) is 11.8 Å². The molecule has 1 aliphatic carbocycles. The molecule has 9 nitrogen and oxygen atoms in total. The number of carbonyl (C=O) groups is 3. The van der Waals surface area contributed by atoms with Gasteiger partial charge in [-0.15, -0.1) is 0 Å². The smallest absolute Gasteiger partial charge is 0.317 e. The summed E-state index contributed by atoms with van der Waals surface area (Å²) in [5.74, 6) is 0.0420. The molecule has 0 aromatic heterocycles. The molecule has 0 unspecified atom stereocenters. The number of likely N-dealkylation sites (N-methyl/N-ethyl adjacent to an activating group) is 1. The Bertz CT molecular complexity index is 886. The molecule has 0 bridgehead atoms. The number of ether oxygens (including phenoxy) is 1. The van der Waals surface area contributed by atoms with Crippen LogP contribution in [-0.4, -0.2) is 77.7 Å². The first-order chi connectivity index (χ1) is 15.6. The molecular weight excluding hydrogens is 424 g/mol. The summed E-state index contributed by atoms with van der Waals surface area (Å²) in [6.07, 6.45) is 1.40. The minimum absolute atomic E-state index is 0.0131. The number of carbonyl (C=O) groups excluding carboxylic acids is 3. The van der Waals surface area contributed by atoms with Crippen LogP contribution in [0.25, 0.3) is 0 Å². The number of hydrogen-bond donors (Lipinski definition) is 3. The zero-order valence-corrected chi connectivity index (χ0v) is 20.1. The number of aliphatic hydroxyl groups is 1. The standard InChI is InChI=1S/C24H36N4O5/c1-14(2)25-24(32)27(5)12-21-15(3)11-28(16(4)13-29)23(31)19-10-18(8-9-20(19)33-21)26-22(30)17-6-7-17/h8-10,14-17,21,29H,6-7,11-13H2,1-5H3,(H,25,32)(H,26,30)/t15-,16-,21-/m1/s1. The maximum Gasteiger partial charge on any atom is 0.317 e. The number of anilines is 1. The van der Waals surface area contributed by atoms with Crippen LogP contribution in [0.5, 0.6) is 5.75 Å². The molecule has 1 saturated carbocycles. The first-order valence-electron chi connectivity index (χ1n) is 11.7. The summed E-state index contributed by atoms with van der Waals surface area (Å²) in [4.78, 5) is 41.3. The number of rotatable bonds is 7. The molecular formula is C24H36N4O5. The van der Waals surface area contributed by atoms with Crippen molar-refractivity contribution in [3.05, 3.63) is 23.8 Å². The lowest BCUT2D eigenvalue weighted by Gasteiger charge is -2.38. The monoisotopic (exact) mass is 460 g/mol. The third-order valence-corrected chi connectivity index (χ3v) is 6.09. The van der Waals surface area contributed by atoms with Crippen LogP contribution in [0, 0.1) is 11.8 Å².